The molecule has 2 unspecified atom stereocenters. The van der Waals surface area contributed by atoms with E-state index in [-0.39, 0.29) is 90.4 Å². The monoisotopic (exact) mass is 992 g/mol. The number of carbonyl (C=O) groups is 6. The van der Waals surface area contributed by atoms with E-state index >= 15 is 0 Å². The van der Waals surface area contributed by atoms with Gasteiger partial charge in [0.2, 0.25) is 17.7 Å². The Balaban J connectivity index is 0.727. The number of nitrogens with one attached hydrogen (secondary N) is 4. The van der Waals surface area contributed by atoms with Crippen molar-refractivity contribution in [1.82, 2.24) is 35.3 Å². The van der Waals surface area contributed by atoms with E-state index in [9.17, 15) is 47.0 Å². The highest BCUT2D eigenvalue weighted by atomic mass is 19.4. The highest BCUT2D eigenvalue weighted by Gasteiger charge is 2.46. The molecule has 1 fully saturated rings. The first kappa shape index (κ1) is 51.1. The van der Waals surface area contributed by atoms with Crippen LogP contribution in [-0.2, 0) is 39.9 Å². The highest BCUT2D eigenvalue weighted by Crippen LogP contribution is 2.39. The minimum Gasteiger partial charge on any atom is -0.483 e. The number of carbonyl (C=O) groups excluding carboxylic acids is 6. The number of benzene rings is 2. The van der Waals surface area contributed by atoms with Gasteiger partial charge in [-0.3, -0.25) is 39.0 Å². The number of piperidine rings is 1. The number of aliphatic hydroxyl groups is 1. The first-order chi connectivity index (χ1) is 34.1. The first-order valence-electron chi connectivity index (χ1n) is 21.9. The van der Waals surface area contributed by atoms with E-state index in [1.54, 1.807) is 30.3 Å². The summed E-state index contributed by atoms with van der Waals surface area (Å²) in [6, 6.07) is 13.3. The molecule has 0 saturated carbocycles. The number of hydrogen-bond donors (Lipinski definition) is 6. The van der Waals surface area contributed by atoms with Crippen LogP contribution >= 0.6 is 0 Å². The molecule has 376 valence electrons. The van der Waals surface area contributed by atoms with Crippen LogP contribution in [-0.4, -0.2) is 143 Å². The molecule has 7 N–H and O–H groups in total. The fourth-order valence-corrected chi connectivity index (χ4v) is 7.14. The fourth-order valence-electron chi connectivity index (χ4n) is 7.14. The van der Waals surface area contributed by atoms with Gasteiger partial charge in [-0.2, -0.15) is 18.3 Å². The molecule has 2 aliphatic heterocycles. The van der Waals surface area contributed by atoms with Crippen molar-refractivity contribution >= 4 is 46.9 Å². The lowest BCUT2D eigenvalue weighted by molar-refractivity contribution is -0.139. The van der Waals surface area contributed by atoms with Crippen molar-refractivity contribution < 1.29 is 75.1 Å². The number of anilines is 2. The summed E-state index contributed by atoms with van der Waals surface area (Å²) in [5, 5.41) is 24.6. The van der Waals surface area contributed by atoms with Crippen LogP contribution in [0, 0.1) is 0 Å². The molecular weight excluding hydrogens is 946 g/mol. The molecule has 23 nitrogen and oxygen atoms in total. The standard InChI is InChI=1S/C45H47F3N10O13/c46-45(47,48)25-52-34-20-27(10-11-50-34)42-54-31(23-71-42)40(62)53-30-21-57(56-38(30)39(49)61)28-6-4-26(5-7-28)22-69-19-18-68-17-16-67-15-14-66-13-12-51-36(60)24-70-33-3-1-2-29-37(33)44(65)58(43(29)64)32-8-9-35(59)55-41(32)63/h1-7,10-11,20-21,23,32,43,64H,8-9,12-19,22,24-25H2,(H2,49,61)(H,50,52)(H,51,60)(H,53,62)(H,55,59,63). The normalized spacial score (nSPS) is 15.6. The number of hydrogen-bond acceptors (Lipinski definition) is 17. The van der Waals surface area contributed by atoms with Gasteiger partial charge in [0.1, 0.15) is 30.4 Å². The molecule has 5 heterocycles. The zero-order chi connectivity index (χ0) is 50.5. The van der Waals surface area contributed by atoms with Crippen LogP contribution in [0.3, 0.4) is 0 Å². The molecule has 6 amide bonds. The fraction of sp³-hybridized carbons (Fsp3) is 0.356. The lowest BCUT2D eigenvalue weighted by Gasteiger charge is -2.31. The van der Waals surface area contributed by atoms with E-state index < -0.39 is 67.0 Å². The van der Waals surface area contributed by atoms with Gasteiger partial charge < -0.3 is 54.9 Å². The first-order valence-corrected chi connectivity index (χ1v) is 21.9. The van der Waals surface area contributed by atoms with E-state index in [0.29, 0.717) is 38.7 Å². The molecule has 1 saturated heterocycles. The molecule has 0 radical (unpaired) electrons. The number of alkyl halides is 3. The Kier molecular flexibility index (Phi) is 17.0. The second-order valence-electron chi connectivity index (χ2n) is 15.6. The summed E-state index contributed by atoms with van der Waals surface area (Å²) in [7, 11) is 0. The Bertz CT molecular complexity index is 2710. The average molecular weight is 993 g/mol. The molecule has 0 bridgehead atoms. The van der Waals surface area contributed by atoms with Crippen LogP contribution in [0.1, 0.15) is 61.5 Å². The van der Waals surface area contributed by atoms with Gasteiger partial charge in [-0.25, -0.2) is 14.6 Å². The van der Waals surface area contributed by atoms with Crippen molar-refractivity contribution in [2.24, 2.45) is 5.73 Å². The number of aromatic nitrogens is 4. The van der Waals surface area contributed by atoms with Crippen LogP contribution in [0.25, 0.3) is 17.1 Å². The topological polar surface area (TPSA) is 303 Å². The molecule has 2 aromatic carbocycles. The van der Waals surface area contributed by atoms with Gasteiger partial charge >= 0.3 is 6.18 Å². The predicted molar refractivity (Wildman–Crippen MR) is 239 cm³/mol. The number of nitrogens with two attached hydrogens (primary N) is 1. The summed E-state index contributed by atoms with van der Waals surface area (Å²) in [6.45, 7) is 0.753. The molecular formula is C45H47F3N10O13. The van der Waals surface area contributed by atoms with Crippen molar-refractivity contribution in [3.63, 3.8) is 0 Å². The smallest absolute Gasteiger partial charge is 0.405 e. The number of oxazole rings is 1. The van der Waals surface area contributed by atoms with Crippen molar-refractivity contribution in [2.45, 2.75) is 37.9 Å². The van der Waals surface area contributed by atoms with E-state index in [4.69, 9.17) is 33.8 Å². The highest BCUT2D eigenvalue weighted by molar-refractivity contribution is 6.08. The number of fused-ring (bicyclic) bond motifs is 1. The van der Waals surface area contributed by atoms with E-state index in [0.717, 1.165) is 16.7 Å². The van der Waals surface area contributed by atoms with Crippen molar-refractivity contribution in [1.29, 1.82) is 0 Å². The lowest BCUT2D eigenvalue weighted by Crippen LogP contribution is -2.53. The number of halogens is 3. The Morgan fingerprint density at radius 3 is 2.37 bits per heavy atom. The molecule has 3 aromatic heterocycles. The molecule has 2 atom stereocenters. The Morgan fingerprint density at radius 2 is 1.66 bits per heavy atom. The summed E-state index contributed by atoms with van der Waals surface area (Å²) >= 11 is 0. The Hall–Kier alpha value is -7.78. The van der Waals surface area contributed by atoms with Gasteiger partial charge in [0.05, 0.1) is 76.0 Å². The molecule has 26 heteroatoms. The van der Waals surface area contributed by atoms with Crippen molar-refractivity contribution in [2.75, 3.05) is 76.6 Å². The lowest BCUT2D eigenvalue weighted by atomic mass is 10.0. The van der Waals surface area contributed by atoms with Gasteiger partial charge in [0.25, 0.3) is 23.6 Å². The Labute approximate surface area is 401 Å². The predicted octanol–water partition coefficient (Wildman–Crippen LogP) is 2.26. The summed E-state index contributed by atoms with van der Waals surface area (Å²) < 4.78 is 72.4. The quantitative estimate of drug-likeness (QED) is 0.0361. The number of primary amides is 1. The van der Waals surface area contributed by atoms with Gasteiger partial charge in [0, 0.05) is 30.3 Å². The van der Waals surface area contributed by atoms with Crippen LogP contribution in [0.5, 0.6) is 5.75 Å². The Morgan fingerprint density at radius 1 is 0.944 bits per heavy atom. The minimum atomic E-state index is -4.46. The molecule has 71 heavy (non-hydrogen) atoms. The third-order valence-electron chi connectivity index (χ3n) is 10.5. The van der Waals surface area contributed by atoms with Crippen LogP contribution in [0.2, 0.25) is 0 Å². The van der Waals surface area contributed by atoms with Gasteiger partial charge in [-0.15, -0.1) is 0 Å². The van der Waals surface area contributed by atoms with Gasteiger partial charge in [0.15, 0.2) is 24.2 Å². The molecule has 2 aliphatic rings. The summed E-state index contributed by atoms with van der Waals surface area (Å²) in [5.41, 5.74) is 7.00. The van der Waals surface area contributed by atoms with Crippen LogP contribution < -0.4 is 31.7 Å². The summed E-state index contributed by atoms with van der Waals surface area (Å²) in [5.74, 6) is -3.99. The molecule has 0 aliphatic carbocycles. The summed E-state index contributed by atoms with van der Waals surface area (Å²) in [6.07, 6.45) is -2.09. The largest absolute Gasteiger partial charge is 0.483 e. The van der Waals surface area contributed by atoms with Crippen molar-refractivity contribution in [3.05, 3.63) is 101 Å². The van der Waals surface area contributed by atoms with E-state index in [1.807, 2.05) is 0 Å². The zero-order valence-electron chi connectivity index (χ0n) is 37.6. The molecule has 5 aromatic rings. The number of amides is 6. The summed E-state index contributed by atoms with van der Waals surface area (Å²) in [4.78, 5) is 83.8. The van der Waals surface area contributed by atoms with Gasteiger partial charge in [-0.05, 0) is 42.3 Å². The maximum Gasteiger partial charge on any atom is 0.405 e. The zero-order valence-corrected chi connectivity index (χ0v) is 37.6. The van der Waals surface area contributed by atoms with E-state index in [1.165, 1.54) is 41.3 Å². The van der Waals surface area contributed by atoms with E-state index in [2.05, 4.69) is 36.3 Å². The third-order valence-corrected chi connectivity index (χ3v) is 10.5. The average Bonchev–Trinajstić information content (AvgIpc) is 4.08. The minimum absolute atomic E-state index is 0.00813. The number of rotatable bonds is 25. The number of nitrogens with zero attached hydrogens (tertiary/aromatic N) is 5. The van der Waals surface area contributed by atoms with Crippen LogP contribution in [0.15, 0.2) is 77.7 Å². The maximum absolute atomic E-state index is 13.2. The molecule has 7 rings (SSSR count). The molecule has 0 spiro atoms. The second-order valence-corrected chi connectivity index (χ2v) is 15.6. The van der Waals surface area contributed by atoms with Crippen LogP contribution in [0.4, 0.5) is 24.7 Å². The van der Waals surface area contributed by atoms with Crippen molar-refractivity contribution in [3.8, 4) is 22.9 Å². The SMILES string of the molecule is NC(=O)c1nn(-c2ccc(COCCOCCOCCOCCNC(=O)COc3cccc4c3C(=O)N(C3CCC(=O)NC3=O)C4O)cc2)cc1NC(=O)c1coc(-c2ccnc(NCC(F)(F)F)c2)n1. The number of ether oxygens (including phenoxy) is 5. The van der Waals surface area contributed by atoms with Gasteiger partial charge in [-0.1, -0.05) is 24.3 Å². The maximum atomic E-state index is 13.2. The number of aliphatic hydroxyl groups excluding tert-OH is 1. The number of pyridine rings is 1. The second kappa shape index (κ2) is 23.7. The number of imide groups is 1. The third kappa shape index (κ3) is 13.7.